The van der Waals surface area contributed by atoms with Gasteiger partial charge in [-0.2, -0.15) is 0 Å². The lowest BCUT2D eigenvalue weighted by molar-refractivity contribution is 0.492. The van der Waals surface area contributed by atoms with Crippen molar-refractivity contribution in [2.75, 3.05) is 13.1 Å². The van der Waals surface area contributed by atoms with E-state index in [2.05, 4.69) is 34.9 Å². The van der Waals surface area contributed by atoms with Crippen molar-refractivity contribution in [3.05, 3.63) is 35.5 Å². The molecular formula is C11H16Cl2N2. The first-order valence-electron chi connectivity index (χ1n) is 5.00. The van der Waals surface area contributed by atoms with Crippen molar-refractivity contribution in [3.8, 4) is 0 Å². The van der Waals surface area contributed by atoms with Gasteiger partial charge in [0.25, 0.3) is 0 Å². The lowest BCUT2D eigenvalue weighted by Crippen LogP contribution is -2.39. The Kier molecular flexibility index (Phi) is 4.41. The van der Waals surface area contributed by atoms with Gasteiger partial charge in [-0.1, -0.05) is 24.3 Å². The quantitative estimate of drug-likeness (QED) is 0.679. The van der Waals surface area contributed by atoms with E-state index in [1.807, 2.05) is 0 Å². The Morgan fingerprint density at radius 1 is 1.20 bits per heavy atom. The average molecular weight is 247 g/mol. The summed E-state index contributed by atoms with van der Waals surface area (Å²) in [6, 6.07) is 1.12. The van der Waals surface area contributed by atoms with Crippen LogP contribution in [0.1, 0.15) is 6.42 Å². The molecule has 15 heavy (non-hydrogen) atoms. The monoisotopic (exact) mass is 246 g/mol. The second-order valence-electron chi connectivity index (χ2n) is 3.89. The summed E-state index contributed by atoms with van der Waals surface area (Å²) < 4.78 is 0. The Bertz CT molecular complexity index is 321. The fourth-order valence-corrected chi connectivity index (χ4v) is 2.46. The highest BCUT2D eigenvalue weighted by atomic mass is 35.5. The number of rotatable bonds is 0. The van der Waals surface area contributed by atoms with Crippen molar-refractivity contribution in [3.63, 3.8) is 0 Å². The molecule has 1 saturated heterocycles. The smallest absolute Gasteiger partial charge is 0.0514 e. The molecule has 2 atom stereocenters. The van der Waals surface area contributed by atoms with Gasteiger partial charge in [-0.25, -0.2) is 0 Å². The third-order valence-corrected chi connectivity index (χ3v) is 3.12. The maximum absolute atomic E-state index is 3.64. The zero-order valence-corrected chi connectivity index (χ0v) is 10.0. The molecule has 2 N–H and O–H groups in total. The number of nitrogens with one attached hydrogen (secondary N) is 2. The second kappa shape index (κ2) is 5.17. The van der Waals surface area contributed by atoms with Crippen molar-refractivity contribution in [2.24, 2.45) is 0 Å². The van der Waals surface area contributed by atoms with Crippen molar-refractivity contribution in [1.82, 2.24) is 10.6 Å². The largest absolute Gasteiger partial charge is 0.313 e. The molecule has 0 aromatic rings. The van der Waals surface area contributed by atoms with Crippen LogP contribution in [0, 0.1) is 0 Å². The Balaban J connectivity index is 0.000000562. The van der Waals surface area contributed by atoms with Crippen LogP contribution in [0.2, 0.25) is 0 Å². The van der Waals surface area contributed by atoms with Crippen LogP contribution in [0.25, 0.3) is 0 Å². The molecule has 0 radical (unpaired) electrons. The van der Waals surface area contributed by atoms with Crippen molar-refractivity contribution in [1.29, 1.82) is 0 Å². The number of hydrogen-bond acceptors (Lipinski definition) is 2. The van der Waals surface area contributed by atoms with Gasteiger partial charge in [0.2, 0.25) is 0 Å². The third-order valence-electron chi connectivity index (χ3n) is 3.12. The highest BCUT2D eigenvalue weighted by Crippen LogP contribution is 2.28. The second-order valence-corrected chi connectivity index (χ2v) is 3.89. The zero-order valence-electron chi connectivity index (χ0n) is 8.40. The number of fused-ring (bicyclic) bond motifs is 2. The molecule has 2 nitrogen and oxygen atoms in total. The molecule has 0 saturated carbocycles. The first-order chi connectivity index (χ1) is 6.45. The van der Waals surface area contributed by atoms with Crippen molar-refractivity contribution >= 4 is 24.8 Å². The van der Waals surface area contributed by atoms with Crippen LogP contribution in [0.5, 0.6) is 0 Å². The van der Waals surface area contributed by atoms with E-state index >= 15 is 0 Å². The summed E-state index contributed by atoms with van der Waals surface area (Å²) in [6.07, 6.45) is 10.0. The molecule has 0 aromatic heterocycles. The summed E-state index contributed by atoms with van der Waals surface area (Å²) >= 11 is 0. The van der Waals surface area contributed by atoms with Gasteiger partial charge in [-0.05, 0) is 24.1 Å². The number of hydrogen-bond donors (Lipinski definition) is 2. The molecule has 84 valence electrons. The van der Waals surface area contributed by atoms with Crippen LogP contribution in [-0.2, 0) is 0 Å². The molecular weight excluding hydrogens is 231 g/mol. The van der Waals surface area contributed by atoms with E-state index in [1.54, 1.807) is 5.57 Å². The molecule has 2 heterocycles. The van der Waals surface area contributed by atoms with Gasteiger partial charge in [-0.15, -0.1) is 24.8 Å². The summed E-state index contributed by atoms with van der Waals surface area (Å²) in [4.78, 5) is 0. The fourth-order valence-electron chi connectivity index (χ4n) is 2.46. The zero-order chi connectivity index (χ0) is 8.67. The minimum Gasteiger partial charge on any atom is -0.313 e. The minimum atomic E-state index is 0. The Morgan fingerprint density at radius 3 is 2.93 bits per heavy atom. The van der Waals surface area contributed by atoms with E-state index in [0.717, 1.165) is 13.1 Å². The highest BCUT2D eigenvalue weighted by molar-refractivity contribution is 5.85. The summed E-state index contributed by atoms with van der Waals surface area (Å²) in [7, 11) is 0. The van der Waals surface area contributed by atoms with Crippen molar-refractivity contribution < 1.29 is 0 Å². The topological polar surface area (TPSA) is 24.1 Å². The first kappa shape index (κ1) is 12.8. The molecule has 0 spiro atoms. The molecule has 1 aliphatic carbocycles. The predicted molar refractivity (Wildman–Crippen MR) is 68.0 cm³/mol. The van der Waals surface area contributed by atoms with Gasteiger partial charge in [-0.3, -0.25) is 0 Å². The van der Waals surface area contributed by atoms with E-state index in [1.165, 1.54) is 12.0 Å². The summed E-state index contributed by atoms with van der Waals surface area (Å²) in [5.41, 5.74) is 3.08. The van der Waals surface area contributed by atoms with E-state index in [4.69, 9.17) is 0 Å². The molecule has 0 aromatic carbocycles. The minimum absolute atomic E-state index is 0. The summed E-state index contributed by atoms with van der Waals surface area (Å²) in [6.45, 7) is 2.22. The Morgan fingerprint density at radius 2 is 2.07 bits per heavy atom. The molecule has 3 rings (SSSR count). The van der Waals surface area contributed by atoms with E-state index in [9.17, 15) is 0 Å². The van der Waals surface area contributed by atoms with Crippen LogP contribution in [0.3, 0.4) is 0 Å². The van der Waals surface area contributed by atoms with Crippen LogP contribution >= 0.6 is 24.8 Å². The van der Waals surface area contributed by atoms with Gasteiger partial charge in [0.1, 0.15) is 0 Å². The third kappa shape index (κ3) is 2.13. The van der Waals surface area contributed by atoms with Crippen LogP contribution in [0.15, 0.2) is 35.5 Å². The standard InChI is InChI=1S/C11H14N2.2ClH/c1-2-4-10-8(3-1)9-7-12-6-5-11(9)13-10;;/h1-4,10-13H,5-7H2;2*1H. The van der Waals surface area contributed by atoms with E-state index in [0.29, 0.717) is 12.1 Å². The van der Waals surface area contributed by atoms with Crippen LogP contribution in [0.4, 0.5) is 0 Å². The van der Waals surface area contributed by atoms with Crippen molar-refractivity contribution in [2.45, 2.75) is 18.5 Å². The molecule has 1 fully saturated rings. The van der Waals surface area contributed by atoms with Crippen LogP contribution in [-0.4, -0.2) is 25.2 Å². The van der Waals surface area contributed by atoms with E-state index in [-0.39, 0.29) is 24.8 Å². The van der Waals surface area contributed by atoms with E-state index < -0.39 is 0 Å². The van der Waals surface area contributed by atoms with Gasteiger partial charge in [0.05, 0.1) is 6.04 Å². The number of halogens is 2. The summed E-state index contributed by atoms with van der Waals surface area (Å²) in [5.74, 6) is 0. The summed E-state index contributed by atoms with van der Waals surface area (Å²) in [5, 5.41) is 7.08. The molecule has 2 aliphatic heterocycles. The Labute approximate surface area is 103 Å². The predicted octanol–water partition coefficient (Wildman–Crippen LogP) is 1.59. The number of allylic oxidation sites excluding steroid dienone is 2. The average Bonchev–Trinajstić information content (AvgIpc) is 2.56. The lowest BCUT2D eigenvalue weighted by Gasteiger charge is -2.22. The van der Waals surface area contributed by atoms with Gasteiger partial charge in [0.15, 0.2) is 0 Å². The molecule has 0 amide bonds. The molecule has 4 heteroatoms. The molecule has 0 bridgehead atoms. The van der Waals surface area contributed by atoms with Gasteiger partial charge >= 0.3 is 0 Å². The highest BCUT2D eigenvalue weighted by Gasteiger charge is 2.31. The molecule has 3 aliphatic rings. The van der Waals surface area contributed by atoms with Gasteiger partial charge in [0, 0.05) is 12.6 Å². The maximum atomic E-state index is 3.64. The lowest BCUT2D eigenvalue weighted by atomic mass is 9.96. The van der Waals surface area contributed by atoms with Crippen LogP contribution < -0.4 is 10.6 Å². The molecule has 2 unspecified atom stereocenters. The Hall–Kier alpha value is -0.280. The van der Waals surface area contributed by atoms with Gasteiger partial charge < -0.3 is 10.6 Å². The number of piperidine rings is 1. The first-order valence-corrected chi connectivity index (χ1v) is 5.00. The maximum Gasteiger partial charge on any atom is 0.0514 e. The fraction of sp³-hybridized carbons (Fsp3) is 0.455. The normalized spacial score (nSPS) is 31.5. The SMILES string of the molecule is C1=CC2=C3CNCCC3NC2C=C1.Cl.Cl.